The lowest BCUT2D eigenvalue weighted by atomic mass is 10.2. The summed E-state index contributed by atoms with van der Waals surface area (Å²) in [4.78, 5) is 25.3. The van der Waals surface area contributed by atoms with Gasteiger partial charge < -0.3 is 5.11 Å². The minimum atomic E-state index is -0.515. The van der Waals surface area contributed by atoms with Gasteiger partial charge in [-0.25, -0.2) is 4.79 Å². The molecule has 1 fully saturated rings. The van der Waals surface area contributed by atoms with Crippen molar-refractivity contribution in [1.82, 2.24) is 9.55 Å². The minimum absolute atomic E-state index is 0.0466. The molecular formula is C11H16N2O3. The summed E-state index contributed by atoms with van der Waals surface area (Å²) in [5, 5.41) is 9.94. The molecule has 2 N–H and O–H groups in total. The highest BCUT2D eigenvalue weighted by molar-refractivity contribution is 5.23. The summed E-state index contributed by atoms with van der Waals surface area (Å²) in [6.07, 6.45) is 2.57. The fraction of sp³-hybridized carbons (Fsp3) is 0.636. The Labute approximate surface area is 92.7 Å². The van der Waals surface area contributed by atoms with E-state index in [0.29, 0.717) is 12.3 Å². The monoisotopic (exact) mass is 224 g/mol. The first-order valence-corrected chi connectivity index (χ1v) is 5.63. The molecule has 1 aliphatic rings. The molecule has 0 aromatic carbocycles. The minimum Gasteiger partial charge on any atom is -0.494 e. The van der Waals surface area contributed by atoms with Gasteiger partial charge in [0.1, 0.15) is 0 Å². The molecule has 0 spiro atoms. The zero-order valence-electron chi connectivity index (χ0n) is 9.49. The third kappa shape index (κ3) is 1.66. The van der Waals surface area contributed by atoms with Gasteiger partial charge in [-0.1, -0.05) is 6.92 Å². The van der Waals surface area contributed by atoms with E-state index in [4.69, 9.17) is 0 Å². The summed E-state index contributed by atoms with van der Waals surface area (Å²) in [6.45, 7) is 3.68. The molecule has 1 atom stereocenters. The van der Waals surface area contributed by atoms with Gasteiger partial charge in [-0.2, -0.15) is 0 Å². The van der Waals surface area contributed by atoms with Crippen LogP contribution in [0.15, 0.2) is 9.59 Å². The van der Waals surface area contributed by atoms with E-state index in [0.717, 1.165) is 12.8 Å². The first-order chi connectivity index (χ1) is 7.56. The van der Waals surface area contributed by atoms with E-state index in [9.17, 15) is 14.7 Å². The molecule has 5 nitrogen and oxygen atoms in total. The van der Waals surface area contributed by atoms with Crippen LogP contribution in [0.3, 0.4) is 0 Å². The Balaban J connectivity index is 2.59. The number of aromatic hydroxyl groups is 1. The summed E-state index contributed by atoms with van der Waals surface area (Å²) >= 11 is 0. The third-order valence-corrected chi connectivity index (χ3v) is 3.28. The smallest absolute Gasteiger partial charge is 0.331 e. The molecule has 2 rings (SSSR count). The molecule has 1 saturated carbocycles. The summed E-state index contributed by atoms with van der Waals surface area (Å²) in [7, 11) is 0. The van der Waals surface area contributed by atoms with Crippen molar-refractivity contribution in [2.45, 2.75) is 39.2 Å². The number of aromatic amines is 1. The van der Waals surface area contributed by atoms with E-state index < -0.39 is 11.2 Å². The summed E-state index contributed by atoms with van der Waals surface area (Å²) < 4.78 is 1.30. The third-order valence-electron chi connectivity index (χ3n) is 3.28. The summed E-state index contributed by atoms with van der Waals surface area (Å²) in [5.41, 5.74) is -0.713. The standard InChI is InChI=1S/C11H16N2O3/c1-3-8-9(14)12-11(16)13(10(8)15)6(2)7-4-5-7/h6-7,15H,3-5H2,1-2H3,(H,12,14,16). The first-order valence-electron chi connectivity index (χ1n) is 5.63. The molecule has 1 aromatic rings. The molecule has 0 amide bonds. The van der Waals surface area contributed by atoms with Crippen LogP contribution in [-0.2, 0) is 6.42 Å². The van der Waals surface area contributed by atoms with Gasteiger partial charge in [0.15, 0.2) is 0 Å². The van der Waals surface area contributed by atoms with Crippen LogP contribution in [0.4, 0.5) is 0 Å². The second-order valence-electron chi connectivity index (χ2n) is 4.36. The molecule has 0 aliphatic heterocycles. The van der Waals surface area contributed by atoms with E-state index in [1.807, 2.05) is 6.92 Å². The van der Waals surface area contributed by atoms with Crippen LogP contribution in [0.5, 0.6) is 5.88 Å². The molecule has 88 valence electrons. The number of hydrogen-bond acceptors (Lipinski definition) is 3. The molecule has 1 aliphatic carbocycles. The van der Waals surface area contributed by atoms with Gasteiger partial charge in [0, 0.05) is 6.04 Å². The number of hydrogen-bond donors (Lipinski definition) is 2. The number of nitrogens with one attached hydrogen (secondary N) is 1. The number of nitrogens with zero attached hydrogens (tertiary/aromatic N) is 1. The van der Waals surface area contributed by atoms with Crippen molar-refractivity contribution >= 4 is 0 Å². The average Bonchev–Trinajstić information content (AvgIpc) is 3.00. The van der Waals surface area contributed by atoms with Gasteiger partial charge in [0.05, 0.1) is 5.56 Å². The van der Waals surface area contributed by atoms with Gasteiger partial charge in [0.2, 0.25) is 5.88 Å². The molecule has 0 radical (unpaired) electrons. The fourth-order valence-electron chi connectivity index (χ4n) is 2.06. The quantitative estimate of drug-likeness (QED) is 0.796. The zero-order chi connectivity index (χ0) is 11.9. The second kappa shape index (κ2) is 3.81. The molecule has 1 unspecified atom stereocenters. The highest BCUT2D eigenvalue weighted by Gasteiger charge is 2.31. The normalized spacial score (nSPS) is 17.4. The van der Waals surface area contributed by atoms with Crippen LogP contribution in [0.2, 0.25) is 0 Å². The molecule has 1 aromatic heterocycles. The Kier molecular flexibility index (Phi) is 2.61. The van der Waals surface area contributed by atoms with Crippen LogP contribution in [0.25, 0.3) is 0 Å². The van der Waals surface area contributed by atoms with Gasteiger partial charge in [-0.15, -0.1) is 0 Å². The topological polar surface area (TPSA) is 75.1 Å². The van der Waals surface area contributed by atoms with Gasteiger partial charge >= 0.3 is 5.69 Å². The second-order valence-corrected chi connectivity index (χ2v) is 4.36. The Hall–Kier alpha value is -1.52. The van der Waals surface area contributed by atoms with Crippen molar-refractivity contribution in [3.63, 3.8) is 0 Å². The van der Waals surface area contributed by atoms with E-state index in [1.54, 1.807) is 6.92 Å². The highest BCUT2D eigenvalue weighted by atomic mass is 16.3. The molecular weight excluding hydrogens is 208 g/mol. The summed E-state index contributed by atoms with van der Waals surface area (Å²) in [5.74, 6) is 0.273. The largest absolute Gasteiger partial charge is 0.494 e. The molecule has 0 saturated heterocycles. The SMILES string of the molecule is CCc1c(O)n(C(C)C2CC2)c(=O)[nH]c1=O. The number of aromatic nitrogens is 2. The lowest BCUT2D eigenvalue weighted by Gasteiger charge is -2.16. The van der Waals surface area contributed by atoms with Crippen molar-refractivity contribution in [2.75, 3.05) is 0 Å². The predicted octanol–water partition coefficient (Wildman–Crippen LogP) is 0.776. The van der Waals surface area contributed by atoms with Crippen LogP contribution >= 0.6 is 0 Å². The Morgan fingerprint density at radius 3 is 2.62 bits per heavy atom. The molecule has 16 heavy (non-hydrogen) atoms. The lowest BCUT2D eigenvalue weighted by Crippen LogP contribution is -2.34. The van der Waals surface area contributed by atoms with Crippen molar-refractivity contribution in [3.05, 3.63) is 26.4 Å². The molecule has 1 heterocycles. The predicted molar refractivity (Wildman–Crippen MR) is 59.8 cm³/mol. The molecule has 0 bridgehead atoms. The van der Waals surface area contributed by atoms with E-state index in [1.165, 1.54) is 4.57 Å². The van der Waals surface area contributed by atoms with Crippen LogP contribution in [0, 0.1) is 5.92 Å². The van der Waals surface area contributed by atoms with Gasteiger partial charge in [0.25, 0.3) is 5.56 Å². The van der Waals surface area contributed by atoms with Crippen molar-refractivity contribution in [1.29, 1.82) is 0 Å². The Bertz CT molecular complexity index is 511. The van der Waals surface area contributed by atoms with Crippen LogP contribution in [-0.4, -0.2) is 14.7 Å². The van der Waals surface area contributed by atoms with E-state index in [2.05, 4.69) is 4.98 Å². The zero-order valence-corrected chi connectivity index (χ0v) is 9.49. The van der Waals surface area contributed by atoms with Crippen molar-refractivity contribution in [2.24, 2.45) is 5.92 Å². The van der Waals surface area contributed by atoms with Crippen molar-refractivity contribution in [3.8, 4) is 5.88 Å². The average molecular weight is 224 g/mol. The van der Waals surface area contributed by atoms with E-state index in [-0.39, 0.29) is 17.5 Å². The highest BCUT2D eigenvalue weighted by Crippen LogP contribution is 2.40. The van der Waals surface area contributed by atoms with Gasteiger partial charge in [-0.05, 0) is 32.1 Å². The maximum absolute atomic E-state index is 11.7. The Morgan fingerprint density at radius 1 is 1.50 bits per heavy atom. The van der Waals surface area contributed by atoms with Crippen LogP contribution in [0.1, 0.15) is 38.3 Å². The number of H-pyrrole nitrogens is 1. The van der Waals surface area contributed by atoms with Crippen molar-refractivity contribution < 1.29 is 5.11 Å². The number of rotatable bonds is 3. The maximum atomic E-state index is 11.7. The van der Waals surface area contributed by atoms with Crippen LogP contribution < -0.4 is 11.2 Å². The van der Waals surface area contributed by atoms with Gasteiger partial charge in [-0.3, -0.25) is 14.3 Å². The maximum Gasteiger partial charge on any atom is 0.331 e. The summed E-state index contributed by atoms with van der Waals surface area (Å²) in [6, 6.07) is -0.0466. The first kappa shape index (κ1) is 11.0. The lowest BCUT2D eigenvalue weighted by molar-refractivity contribution is 0.348. The van der Waals surface area contributed by atoms with E-state index >= 15 is 0 Å². The molecule has 5 heteroatoms. The fourth-order valence-corrected chi connectivity index (χ4v) is 2.06. The Morgan fingerprint density at radius 2 is 2.12 bits per heavy atom.